The molecule has 2 aromatic rings. The molecule has 2 heterocycles. The van der Waals surface area contributed by atoms with Crippen molar-refractivity contribution >= 4 is 22.7 Å². The monoisotopic (exact) mass is 253 g/mol. The van der Waals surface area contributed by atoms with E-state index in [0.29, 0.717) is 6.04 Å². The molecule has 0 radical (unpaired) electrons. The van der Waals surface area contributed by atoms with E-state index >= 15 is 0 Å². The van der Waals surface area contributed by atoms with Gasteiger partial charge in [-0.1, -0.05) is 0 Å². The van der Waals surface area contributed by atoms with E-state index in [9.17, 15) is 0 Å². The van der Waals surface area contributed by atoms with Gasteiger partial charge in [-0.05, 0) is 13.8 Å². The van der Waals surface area contributed by atoms with Gasteiger partial charge in [0.25, 0.3) is 0 Å². The molecule has 0 aliphatic rings. The molecule has 86 valence electrons. The lowest BCUT2D eigenvalue weighted by molar-refractivity contribution is 0.581. The van der Waals surface area contributed by atoms with Gasteiger partial charge in [0.05, 0.1) is 16.2 Å². The van der Waals surface area contributed by atoms with Crippen LogP contribution in [0.5, 0.6) is 0 Å². The van der Waals surface area contributed by atoms with E-state index in [-0.39, 0.29) is 0 Å². The van der Waals surface area contributed by atoms with Crippen LogP contribution in [0.25, 0.3) is 0 Å². The summed E-state index contributed by atoms with van der Waals surface area (Å²) in [5.74, 6) is 0. The summed E-state index contributed by atoms with van der Waals surface area (Å²) < 4.78 is 0. The lowest BCUT2D eigenvalue weighted by Crippen LogP contribution is -2.20. The van der Waals surface area contributed by atoms with E-state index < -0.39 is 0 Å². The number of rotatable bonds is 5. The van der Waals surface area contributed by atoms with E-state index in [1.54, 1.807) is 22.7 Å². The third kappa shape index (κ3) is 3.10. The first kappa shape index (κ1) is 11.7. The highest BCUT2D eigenvalue weighted by Crippen LogP contribution is 2.16. The molecule has 0 amide bonds. The van der Waals surface area contributed by atoms with Crippen molar-refractivity contribution in [2.45, 2.75) is 26.3 Å². The van der Waals surface area contributed by atoms with Gasteiger partial charge in [-0.3, -0.25) is 4.98 Å². The largest absolute Gasteiger partial charge is 0.309 e. The Labute approximate surface area is 104 Å². The van der Waals surface area contributed by atoms with E-state index in [1.165, 1.54) is 10.6 Å². The number of hydrogen-bond acceptors (Lipinski definition) is 5. The van der Waals surface area contributed by atoms with Gasteiger partial charge < -0.3 is 5.32 Å². The molecule has 0 aliphatic carbocycles. The smallest absolute Gasteiger partial charge is 0.0897 e. The van der Waals surface area contributed by atoms with E-state index in [0.717, 1.165) is 18.0 Å². The van der Waals surface area contributed by atoms with Gasteiger partial charge in [0.15, 0.2) is 0 Å². The molecule has 5 heteroatoms. The third-order valence-electron chi connectivity index (χ3n) is 2.38. The molecule has 1 atom stereocenters. The predicted octanol–water partition coefficient (Wildman–Crippen LogP) is 2.80. The van der Waals surface area contributed by atoms with Gasteiger partial charge in [-0.15, -0.1) is 22.7 Å². The van der Waals surface area contributed by atoms with Crippen LogP contribution in [0, 0.1) is 6.92 Å². The van der Waals surface area contributed by atoms with Gasteiger partial charge in [-0.2, -0.15) is 0 Å². The van der Waals surface area contributed by atoms with Crippen LogP contribution in [0.15, 0.2) is 17.1 Å². The highest BCUT2D eigenvalue weighted by molar-refractivity contribution is 7.09. The average Bonchev–Trinajstić information content (AvgIpc) is 2.89. The maximum absolute atomic E-state index is 4.44. The summed E-state index contributed by atoms with van der Waals surface area (Å²) >= 11 is 3.41. The average molecular weight is 253 g/mol. The summed E-state index contributed by atoms with van der Waals surface area (Å²) in [5, 5.41) is 6.76. The molecule has 0 bridgehead atoms. The Hall–Kier alpha value is -0.780. The Kier molecular flexibility index (Phi) is 4.04. The number of aromatic nitrogens is 2. The number of aryl methyl sites for hydroxylation is 1. The molecular formula is C11H15N3S2. The van der Waals surface area contributed by atoms with Gasteiger partial charge in [-0.25, -0.2) is 4.98 Å². The number of nitrogens with one attached hydrogen (secondary N) is 1. The maximum Gasteiger partial charge on any atom is 0.0897 e. The molecule has 0 saturated heterocycles. The Bertz CT molecular complexity index is 422. The molecule has 0 aliphatic heterocycles. The molecule has 2 aromatic heterocycles. The summed E-state index contributed by atoms with van der Waals surface area (Å²) in [6, 6.07) is 0.382. The van der Waals surface area contributed by atoms with Crippen LogP contribution in [-0.4, -0.2) is 16.5 Å². The molecule has 0 saturated carbocycles. The summed E-state index contributed by atoms with van der Waals surface area (Å²) in [6.45, 7) is 5.17. The van der Waals surface area contributed by atoms with Crippen LogP contribution >= 0.6 is 22.7 Å². The van der Waals surface area contributed by atoms with Crippen molar-refractivity contribution in [3.05, 3.63) is 32.7 Å². The van der Waals surface area contributed by atoms with Crippen molar-refractivity contribution in [1.82, 2.24) is 15.3 Å². The van der Waals surface area contributed by atoms with Crippen molar-refractivity contribution in [2.75, 3.05) is 6.54 Å². The first-order valence-corrected chi connectivity index (χ1v) is 7.04. The van der Waals surface area contributed by atoms with Crippen LogP contribution in [0.2, 0.25) is 0 Å². The van der Waals surface area contributed by atoms with Crippen molar-refractivity contribution in [1.29, 1.82) is 0 Å². The van der Waals surface area contributed by atoms with E-state index in [4.69, 9.17) is 0 Å². The van der Waals surface area contributed by atoms with Gasteiger partial charge >= 0.3 is 0 Å². The SMILES string of the molecule is Cc1nc(CCNC(C)c2cncs2)cs1. The second-order valence-electron chi connectivity index (χ2n) is 3.69. The third-order valence-corrected chi connectivity index (χ3v) is 4.16. The van der Waals surface area contributed by atoms with Crippen LogP contribution < -0.4 is 5.32 Å². The number of thiazole rings is 2. The zero-order chi connectivity index (χ0) is 11.4. The van der Waals surface area contributed by atoms with Crippen molar-refractivity contribution < 1.29 is 0 Å². The Morgan fingerprint density at radius 3 is 2.94 bits per heavy atom. The lowest BCUT2D eigenvalue weighted by Gasteiger charge is -2.10. The number of hydrogen-bond donors (Lipinski definition) is 1. The minimum atomic E-state index is 0.382. The standard InChI is InChI=1S/C11H15N3S2/c1-8(11-5-12-7-16-11)13-4-3-10-6-15-9(2)14-10/h5-8,13H,3-4H2,1-2H3. The number of nitrogens with zero attached hydrogens (tertiary/aromatic N) is 2. The molecule has 0 fully saturated rings. The predicted molar refractivity (Wildman–Crippen MR) is 69.1 cm³/mol. The summed E-state index contributed by atoms with van der Waals surface area (Å²) in [5.41, 5.74) is 3.06. The second kappa shape index (κ2) is 5.52. The molecule has 3 nitrogen and oxygen atoms in total. The first-order valence-electron chi connectivity index (χ1n) is 5.28. The fraction of sp³-hybridized carbons (Fsp3) is 0.455. The summed E-state index contributed by atoms with van der Waals surface area (Å²) in [6.07, 6.45) is 2.92. The van der Waals surface area contributed by atoms with Gasteiger partial charge in [0.1, 0.15) is 0 Å². The lowest BCUT2D eigenvalue weighted by atomic mass is 10.2. The van der Waals surface area contributed by atoms with Crippen molar-refractivity contribution in [3.63, 3.8) is 0 Å². The first-order chi connectivity index (χ1) is 7.75. The van der Waals surface area contributed by atoms with E-state index in [1.807, 2.05) is 18.6 Å². The zero-order valence-corrected chi connectivity index (χ0v) is 11.1. The fourth-order valence-corrected chi connectivity index (χ4v) is 2.78. The topological polar surface area (TPSA) is 37.8 Å². The van der Waals surface area contributed by atoms with Crippen molar-refractivity contribution in [3.8, 4) is 0 Å². The highest BCUT2D eigenvalue weighted by atomic mass is 32.1. The van der Waals surface area contributed by atoms with Crippen LogP contribution in [0.1, 0.15) is 28.5 Å². The van der Waals surface area contributed by atoms with Crippen LogP contribution in [-0.2, 0) is 6.42 Å². The molecule has 0 aromatic carbocycles. The van der Waals surface area contributed by atoms with Crippen LogP contribution in [0.3, 0.4) is 0 Å². The Morgan fingerprint density at radius 2 is 2.31 bits per heavy atom. The van der Waals surface area contributed by atoms with Crippen LogP contribution in [0.4, 0.5) is 0 Å². The molecule has 16 heavy (non-hydrogen) atoms. The normalized spacial score (nSPS) is 12.9. The van der Waals surface area contributed by atoms with Crippen molar-refractivity contribution in [2.24, 2.45) is 0 Å². The molecule has 1 N–H and O–H groups in total. The van der Waals surface area contributed by atoms with Gasteiger partial charge in [0.2, 0.25) is 0 Å². The molecule has 1 unspecified atom stereocenters. The maximum atomic E-state index is 4.44. The second-order valence-corrected chi connectivity index (χ2v) is 5.67. The minimum absolute atomic E-state index is 0.382. The zero-order valence-electron chi connectivity index (χ0n) is 9.43. The quantitative estimate of drug-likeness (QED) is 0.890. The fourth-order valence-electron chi connectivity index (χ4n) is 1.48. The van der Waals surface area contributed by atoms with E-state index in [2.05, 4.69) is 27.6 Å². The molecule has 2 rings (SSSR count). The Morgan fingerprint density at radius 1 is 1.44 bits per heavy atom. The molecular weight excluding hydrogens is 238 g/mol. The summed E-state index contributed by atoms with van der Waals surface area (Å²) in [4.78, 5) is 9.81. The molecule has 0 spiro atoms. The highest BCUT2D eigenvalue weighted by Gasteiger charge is 2.06. The van der Waals surface area contributed by atoms with Gasteiger partial charge in [0, 0.05) is 35.5 Å². The minimum Gasteiger partial charge on any atom is -0.309 e. The summed E-state index contributed by atoms with van der Waals surface area (Å²) in [7, 11) is 0. The Balaban J connectivity index is 1.76.